The Morgan fingerprint density at radius 2 is 2.20 bits per heavy atom. The zero-order chi connectivity index (χ0) is 13.8. The minimum Gasteiger partial charge on any atom is -0.497 e. The molecule has 0 bridgehead atoms. The Morgan fingerprint density at radius 1 is 1.25 bits per heavy atom. The van der Waals surface area contributed by atoms with Crippen LogP contribution in [0.5, 0.6) is 5.75 Å². The van der Waals surface area contributed by atoms with Crippen molar-refractivity contribution in [2.75, 3.05) is 19.0 Å². The molecule has 1 N–H and O–H groups in total. The van der Waals surface area contributed by atoms with Gasteiger partial charge in [0.05, 0.1) is 19.9 Å². The zero-order valence-electron chi connectivity index (χ0n) is 11.2. The third kappa shape index (κ3) is 2.54. The van der Waals surface area contributed by atoms with Crippen molar-refractivity contribution in [1.82, 2.24) is 20.0 Å². The lowest BCUT2D eigenvalue weighted by Gasteiger charge is -2.09. The fraction of sp³-hybridized carbons (Fsp3) is 0.214. The fourth-order valence-electron chi connectivity index (χ4n) is 2.06. The molecule has 6 heteroatoms. The number of ether oxygens (including phenoxy) is 1. The van der Waals surface area contributed by atoms with Crippen molar-refractivity contribution in [3.8, 4) is 5.75 Å². The predicted molar refractivity (Wildman–Crippen MR) is 76.8 cm³/mol. The molecule has 3 rings (SSSR count). The van der Waals surface area contributed by atoms with Crippen LogP contribution in [0.15, 0.2) is 42.9 Å². The van der Waals surface area contributed by atoms with Crippen LogP contribution in [0.1, 0.15) is 0 Å². The summed E-state index contributed by atoms with van der Waals surface area (Å²) in [6.07, 6.45) is 5.30. The molecule has 20 heavy (non-hydrogen) atoms. The van der Waals surface area contributed by atoms with E-state index in [9.17, 15) is 0 Å². The quantitative estimate of drug-likeness (QED) is 0.767. The molecule has 2 aromatic heterocycles. The first-order valence-electron chi connectivity index (χ1n) is 6.37. The summed E-state index contributed by atoms with van der Waals surface area (Å²) in [4.78, 5) is 4.38. The van der Waals surface area contributed by atoms with Crippen molar-refractivity contribution in [2.24, 2.45) is 0 Å². The van der Waals surface area contributed by atoms with Gasteiger partial charge in [0.2, 0.25) is 0 Å². The van der Waals surface area contributed by atoms with Gasteiger partial charge in [0, 0.05) is 24.3 Å². The van der Waals surface area contributed by atoms with Crippen LogP contribution >= 0.6 is 0 Å². The third-order valence-corrected chi connectivity index (χ3v) is 3.08. The molecule has 0 saturated carbocycles. The summed E-state index contributed by atoms with van der Waals surface area (Å²) in [6.45, 7) is 1.48. The number of hydrogen-bond donors (Lipinski definition) is 1. The average molecular weight is 269 g/mol. The van der Waals surface area contributed by atoms with E-state index in [-0.39, 0.29) is 0 Å². The maximum atomic E-state index is 5.23. The van der Waals surface area contributed by atoms with E-state index in [1.165, 1.54) is 0 Å². The molecular formula is C14H15N5O. The Labute approximate surface area is 116 Å². The molecule has 0 aliphatic rings. The summed E-state index contributed by atoms with van der Waals surface area (Å²) < 4.78 is 7.01. The van der Waals surface area contributed by atoms with Gasteiger partial charge >= 0.3 is 0 Å². The average Bonchev–Trinajstić information content (AvgIpc) is 3.00. The largest absolute Gasteiger partial charge is 0.497 e. The number of pyridine rings is 1. The molecule has 0 amide bonds. The van der Waals surface area contributed by atoms with Gasteiger partial charge in [-0.25, -0.2) is 4.98 Å². The fourth-order valence-corrected chi connectivity index (χ4v) is 2.06. The van der Waals surface area contributed by atoms with E-state index in [0.29, 0.717) is 0 Å². The molecule has 0 radical (unpaired) electrons. The second-order valence-electron chi connectivity index (χ2n) is 4.34. The first kappa shape index (κ1) is 12.4. The van der Waals surface area contributed by atoms with Gasteiger partial charge in [-0.2, -0.15) is 0 Å². The summed E-state index contributed by atoms with van der Waals surface area (Å²) in [6, 6.07) is 7.92. The standard InChI is InChI=1S/C14H15N5O/c1-20-12-2-3-13-11(10-12)4-5-15-14(13)16-6-8-19-9-7-17-18-19/h2-5,7,9-10H,6,8H2,1H3,(H,15,16). The lowest BCUT2D eigenvalue weighted by Crippen LogP contribution is -2.12. The van der Waals surface area contributed by atoms with Crippen molar-refractivity contribution < 1.29 is 4.74 Å². The van der Waals surface area contributed by atoms with Gasteiger partial charge in [0.15, 0.2) is 0 Å². The number of benzene rings is 1. The molecule has 2 heterocycles. The molecule has 0 spiro atoms. The maximum absolute atomic E-state index is 5.23. The van der Waals surface area contributed by atoms with Crippen LogP contribution < -0.4 is 10.1 Å². The van der Waals surface area contributed by atoms with Crippen molar-refractivity contribution in [3.63, 3.8) is 0 Å². The summed E-state index contributed by atoms with van der Waals surface area (Å²) in [5.41, 5.74) is 0. The van der Waals surface area contributed by atoms with Crippen LogP contribution in [-0.4, -0.2) is 33.6 Å². The molecular weight excluding hydrogens is 254 g/mol. The predicted octanol–water partition coefficient (Wildman–Crippen LogP) is 1.95. The minimum atomic E-state index is 0.738. The molecule has 0 aliphatic carbocycles. The Bertz CT molecular complexity index is 696. The van der Waals surface area contributed by atoms with Crippen LogP contribution in [0.25, 0.3) is 10.8 Å². The number of anilines is 1. The molecule has 6 nitrogen and oxygen atoms in total. The number of hydrogen-bond acceptors (Lipinski definition) is 5. The second-order valence-corrected chi connectivity index (χ2v) is 4.34. The number of methoxy groups -OCH3 is 1. The van der Waals surface area contributed by atoms with Gasteiger partial charge in [-0.05, 0) is 29.7 Å². The molecule has 0 aliphatic heterocycles. The second kappa shape index (κ2) is 5.56. The normalized spacial score (nSPS) is 10.7. The third-order valence-electron chi connectivity index (χ3n) is 3.08. The van der Waals surface area contributed by atoms with Gasteiger partial charge in [-0.15, -0.1) is 5.10 Å². The van der Waals surface area contributed by atoms with Crippen molar-refractivity contribution in [3.05, 3.63) is 42.9 Å². The molecule has 0 unspecified atom stereocenters. The molecule has 102 valence electrons. The molecule has 0 fully saturated rings. The Kier molecular flexibility index (Phi) is 3.45. The molecule has 1 aromatic carbocycles. The molecule has 3 aromatic rings. The smallest absolute Gasteiger partial charge is 0.133 e. The van der Waals surface area contributed by atoms with E-state index in [4.69, 9.17) is 4.74 Å². The highest BCUT2D eigenvalue weighted by Gasteiger charge is 2.03. The van der Waals surface area contributed by atoms with E-state index >= 15 is 0 Å². The Balaban J connectivity index is 1.77. The van der Waals surface area contributed by atoms with Crippen LogP contribution in [0.3, 0.4) is 0 Å². The minimum absolute atomic E-state index is 0.738. The first-order valence-corrected chi connectivity index (χ1v) is 6.37. The Morgan fingerprint density at radius 3 is 3.00 bits per heavy atom. The summed E-state index contributed by atoms with van der Waals surface area (Å²) in [7, 11) is 1.67. The van der Waals surface area contributed by atoms with Crippen LogP contribution in [0.4, 0.5) is 5.82 Å². The van der Waals surface area contributed by atoms with E-state index in [0.717, 1.165) is 35.4 Å². The van der Waals surface area contributed by atoms with E-state index in [1.807, 2.05) is 30.5 Å². The zero-order valence-corrected chi connectivity index (χ0v) is 11.2. The van der Waals surface area contributed by atoms with Crippen molar-refractivity contribution in [1.29, 1.82) is 0 Å². The number of nitrogens with one attached hydrogen (secondary N) is 1. The van der Waals surface area contributed by atoms with Crippen molar-refractivity contribution >= 4 is 16.6 Å². The lowest BCUT2D eigenvalue weighted by atomic mass is 10.1. The van der Waals surface area contributed by atoms with E-state index in [1.54, 1.807) is 24.2 Å². The van der Waals surface area contributed by atoms with Crippen molar-refractivity contribution in [2.45, 2.75) is 6.54 Å². The van der Waals surface area contributed by atoms with Gasteiger partial charge in [-0.3, -0.25) is 4.68 Å². The van der Waals surface area contributed by atoms with Crippen LogP contribution in [-0.2, 0) is 6.54 Å². The van der Waals surface area contributed by atoms with Gasteiger partial charge in [0.1, 0.15) is 11.6 Å². The number of aromatic nitrogens is 4. The SMILES string of the molecule is COc1ccc2c(NCCn3ccnn3)nccc2c1. The number of fused-ring (bicyclic) bond motifs is 1. The van der Waals surface area contributed by atoms with E-state index in [2.05, 4.69) is 20.6 Å². The van der Waals surface area contributed by atoms with Gasteiger partial charge in [-0.1, -0.05) is 5.21 Å². The monoisotopic (exact) mass is 269 g/mol. The highest BCUT2D eigenvalue weighted by atomic mass is 16.5. The molecule has 0 saturated heterocycles. The number of rotatable bonds is 5. The Hall–Kier alpha value is -2.63. The first-order chi connectivity index (χ1) is 9.86. The number of nitrogens with zero attached hydrogens (tertiary/aromatic N) is 4. The molecule has 0 atom stereocenters. The summed E-state index contributed by atoms with van der Waals surface area (Å²) in [5, 5.41) is 13.2. The summed E-state index contributed by atoms with van der Waals surface area (Å²) >= 11 is 0. The topological polar surface area (TPSA) is 64.9 Å². The highest BCUT2D eigenvalue weighted by Crippen LogP contribution is 2.25. The maximum Gasteiger partial charge on any atom is 0.133 e. The van der Waals surface area contributed by atoms with Gasteiger partial charge < -0.3 is 10.1 Å². The van der Waals surface area contributed by atoms with Crippen LogP contribution in [0.2, 0.25) is 0 Å². The lowest BCUT2D eigenvalue weighted by molar-refractivity contribution is 0.415. The van der Waals surface area contributed by atoms with Crippen LogP contribution in [0, 0.1) is 0 Å². The summed E-state index contributed by atoms with van der Waals surface area (Å²) in [5.74, 6) is 1.71. The van der Waals surface area contributed by atoms with E-state index < -0.39 is 0 Å². The highest BCUT2D eigenvalue weighted by molar-refractivity contribution is 5.92. The van der Waals surface area contributed by atoms with Gasteiger partial charge in [0.25, 0.3) is 0 Å².